The van der Waals surface area contributed by atoms with Crippen LogP contribution in [-0.2, 0) is 6.54 Å². The zero-order valence-electron chi connectivity index (χ0n) is 12.6. The second-order valence-electron chi connectivity index (χ2n) is 5.88. The summed E-state index contributed by atoms with van der Waals surface area (Å²) in [6.45, 7) is 5.94. The molecule has 0 bridgehead atoms. The summed E-state index contributed by atoms with van der Waals surface area (Å²) in [5, 5.41) is 12.3. The van der Waals surface area contributed by atoms with Crippen molar-refractivity contribution < 1.29 is 14.3 Å². The van der Waals surface area contributed by atoms with Crippen LogP contribution < -0.4 is 10.1 Å². The second-order valence-corrected chi connectivity index (χ2v) is 5.88. The van der Waals surface area contributed by atoms with Crippen LogP contribution in [0.5, 0.6) is 11.7 Å². The van der Waals surface area contributed by atoms with Gasteiger partial charge in [0.2, 0.25) is 0 Å². The Labute approximate surface area is 125 Å². The van der Waals surface area contributed by atoms with E-state index in [1.165, 1.54) is 0 Å². The van der Waals surface area contributed by atoms with Gasteiger partial charge >= 0.3 is 0 Å². The van der Waals surface area contributed by atoms with Gasteiger partial charge in [-0.25, -0.2) is 0 Å². The average Bonchev–Trinajstić information content (AvgIpc) is 2.87. The van der Waals surface area contributed by atoms with Crippen molar-refractivity contribution in [1.29, 1.82) is 0 Å². The summed E-state index contributed by atoms with van der Waals surface area (Å²) in [6.07, 6.45) is 0.778. The summed E-state index contributed by atoms with van der Waals surface area (Å²) in [5.41, 5.74) is 0.0741. The van der Waals surface area contributed by atoms with Gasteiger partial charge in [0.05, 0.1) is 6.54 Å². The quantitative estimate of drug-likeness (QED) is 0.780. The molecule has 1 heterocycles. The highest BCUT2D eigenvalue weighted by Crippen LogP contribution is 2.23. The van der Waals surface area contributed by atoms with Gasteiger partial charge in [-0.2, -0.15) is 0 Å². The molecule has 0 aliphatic carbocycles. The SMILES string of the molecule is CC(C)(CCO)CNCc1ccc(Oc2ccccc2)o1. The molecule has 0 saturated carbocycles. The molecule has 0 saturated heterocycles. The molecule has 0 fully saturated rings. The van der Waals surface area contributed by atoms with Crippen molar-refractivity contribution in [2.75, 3.05) is 13.2 Å². The van der Waals surface area contributed by atoms with E-state index < -0.39 is 0 Å². The fraction of sp³-hybridized carbons (Fsp3) is 0.412. The Morgan fingerprint density at radius 1 is 1.14 bits per heavy atom. The predicted molar refractivity (Wildman–Crippen MR) is 82.4 cm³/mol. The molecule has 0 atom stereocenters. The Bertz CT molecular complexity index is 534. The minimum Gasteiger partial charge on any atom is -0.429 e. The highest BCUT2D eigenvalue weighted by atomic mass is 16.6. The van der Waals surface area contributed by atoms with Gasteiger partial charge in [0, 0.05) is 19.2 Å². The van der Waals surface area contributed by atoms with E-state index in [1.54, 1.807) is 0 Å². The number of aliphatic hydroxyl groups excluding tert-OH is 1. The molecule has 114 valence electrons. The summed E-state index contributed by atoms with van der Waals surface area (Å²) < 4.78 is 11.2. The number of furan rings is 1. The fourth-order valence-electron chi connectivity index (χ4n) is 2.03. The van der Waals surface area contributed by atoms with Gasteiger partial charge in [0.25, 0.3) is 5.95 Å². The van der Waals surface area contributed by atoms with Gasteiger partial charge in [0.1, 0.15) is 11.5 Å². The number of aliphatic hydroxyl groups is 1. The Morgan fingerprint density at radius 2 is 1.90 bits per heavy atom. The maximum atomic E-state index is 9.00. The number of ether oxygens (including phenoxy) is 1. The van der Waals surface area contributed by atoms with E-state index >= 15 is 0 Å². The lowest BCUT2D eigenvalue weighted by Gasteiger charge is -2.23. The van der Waals surface area contributed by atoms with Gasteiger partial charge in [-0.3, -0.25) is 0 Å². The molecule has 0 amide bonds. The first-order chi connectivity index (χ1) is 10.1. The number of benzene rings is 1. The zero-order valence-corrected chi connectivity index (χ0v) is 12.6. The van der Waals surface area contributed by atoms with Crippen molar-refractivity contribution in [2.45, 2.75) is 26.8 Å². The first kappa shape index (κ1) is 15.6. The monoisotopic (exact) mass is 289 g/mol. The first-order valence-electron chi connectivity index (χ1n) is 7.22. The van der Waals surface area contributed by atoms with E-state index in [0.29, 0.717) is 12.5 Å². The van der Waals surface area contributed by atoms with Crippen LogP contribution >= 0.6 is 0 Å². The minimum atomic E-state index is 0.0741. The lowest BCUT2D eigenvalue weighted by Crippen LogP contribution is -2.29. The van der Waals surface area contributed by atoms with Crippen molar-refractivity contribution >= 4 is 0 Å². The van der Waals surface area contributed by atoms with Crippen molar-refractivity contribution in [3.05, 3.63) is 48.2 Å². The van der Waals surface area contributed by atoms with Crippen LogP contribution in [0.2, 0.25) is 0 Å². The minimum absolute atomic E-state index is 0.0741. The smallest absolute Gasteiger partial charge is 0.290 e. The molecule has 1 aromatic carbocycles. The molecule has 4 heteroatoms. The van der Waals surface area contributed by atoms with Gasteiger partial charge in [-0.15, -0.1) is 0 Å². The molecule has 0 aliphatic rings. The molecule has 2 rings (SSSR count). The average molecular weight is 289 g/mol. The molecular formula is C17H23NO3. The van der Waals surface area contributed by atoms with Crippen LogP contribution in [0.1, 0.15) is 26.0 Å². The third-order valence-electron chi connectivity index (χ3n) is 3.29. The largest absolute Gasteiger partial charge is 0.429 e. The molecule has 1 aromatic heterocycles. The molecule has 0 unspecified atom stereocenters. The molecule has 0 aliphatic heterocycles. The van der Waals surface area contributed by atoms with Crippen LogP contribution in [0.25, 0.3) is 0 Å². The fourth-order valence-corrected chi connectivity index (χ4v) is 2.03. The summed E-state index contributed by atoms with van der Waals surface area (Å²) in [5.74, 6) is 2.09. The maximum absolute atomic E-state index is 9.00. The molecule has 4 nitrogen and oxygen atoms in total. The zero-order chi connectivity index (χ0) is 15.1. The third-order valence-corrected chi connectivity index (χ3v) is 3.29. The van der Waals surface area contributed by atoms with Crippen molar-refractivity contribution in [3.8, 4) is 11.7 Å². The Balaban J connectivity index is 1.81. The van der Waals surface area contributed by atoms with E-state index in [-0.39, 0.29) is 12.0 Å². The van der Waals surface area contributed by atoms with Crippen molar-refractivity contribution in [3.63, 3.8) is 0 Å². The second kappa shape index (κ2) is 7.29. The van der Waals surface area contributed by atoms with Gasteiger partial charge < -0.3 is 19.6 Å². The topological polar surface area (TPSA) is 54.6 Å². The van der Waals surface area contributed by atoms with Crippen LogP contribution in [0, 0.1) is 5.41 Å². The standard InChI is InChI=1S/C17H23NO3/c1-17(2,10-11-19)13-18-12-15-8-9-16(21-15)20-14-6-4-3-5-7-14/h3-9,18-19H,10-13H2,1-2H3. The van der Waals surface area contributed by atoms with Crippen LogP contribution in [-0.4, -0.2) is 18.3 Å². The maximum Gasteiger partial charge on any atom is 0.290 e. The Kier molecular flexibility index (Phi) is 5.42. The molecule has 21 heavy (non-hydrogen) atoms. The number of para-hydroxylation sites is 1. The molecule has 2 aromatic rings. The number of rotatable bonds is 8. The first-order valence-corrected chi connectivity index (χ1v) is 7.22. The highest BCUT2D eigenvalue weighted by molar-refractivity contribution is 5.26. The predicted octanol–water partition coefficient (Wildman–Crippen LogP) is 3.57. The third kappa shape index (κ3) is 5.25. The van der Waals surface area contributed by atoms with E-state index in [9.17, 15) is 0 Å². The van der Waals surface area contributed by atoms with E-state index in [1.807, 2.05) is 42.5 Å². The van der Waals surface area contributed by atoms with Gasteiger partial charge in [-0.05, 0) is 30.0 Å². The highest BCUT2D eigenvalue weighted by Gasteiger charge is 2.16. The van der Waals surface area contributed by atoms with E-state index in [4.69, 9.17) is 14.3 Å². The van der Waals surface area contributed by atoms with Gasteiger partial charge in [0.15, 0.2) is 0 Å². The van der Waals surface area contributed by atoms with Crippen LogP contribution in [0.3, 0.4) is 0 Å². The van der Waals surface area contributed by atoms with E-state index in [0.717, 1.165) is 24.5 Å². The number of hydrogen-bond donors (Lipinski definition) is 2. The summed E-state index contributed by atoms with van der Waals surface area (Å²) >= 11 is 0. The number of hydrogen-bond acceptors (Lipinski definition) is 4. The Hall–Kier alpha value is -1.78. The van der Waals surface area contributed by atoms with Crippen molar-refractivity contribution in [2.24, 2.45) is 5.41 Å². The lowest BCUT2D eigenvalue weighted by molar-refractivity contribution is 0.205. The van der Waals surface area contributed by atoms with Crippen LogP contribution in [0.4, 0.5) is 0 Å². The van der Waals surface area contributed by atoms with E-state index in [2.05, 4.69) is 19.2 Å². The Morgan fingerprint density at radius 3 is 2.62 bits per heavy atom. The normalized spacial score (nSPS) is 11.6. The summed E-state index contributed by atoms with van der Waals surface area (Å²) in [6, 6.07) is 13.3. The number of nitrogens with one attached hydrogen (secondary N) is 1. The van der Waals surface area contributed by atoms with Crippen molar-refractivity contribution in [1.82, 2.24) is 5.32 Å². The summed E-state index contributed by atoms with van der Waals surface area (Å²) in [4.78, 5) is 0. The molecular weight excluding hydrogens is 266 g/mol. The molecule has 0 radical (unpaired) electrons. The van der Waals surface area contributed by atoms with Gasteiger partial charge in [-0.1, -0.05) is 32.0 Å². The molecule has 0 spiro atoms. The summed E-state index contributed by atoms with van der Waals surface area (Å²) in [7, 11) is 0. The lowest BCUT2D eigenvalue weighted by atomic mass is 9.90. The van der Waals surface area contributed by atoms with Crippen LogP contribution in [0.15, 0.2) is 46.9 Å². The molecule has 2 N–H and O–H groups in total.